The second-order valence-electron chi connectivity index (χ2n) is 7.79. The van der Waals surface area contributed by atoms with Crippen LogP contribution in [-0.2, 0) is 4.79 Å². The van der Waals surface area contributed by atoms with Gasteiger partial charge in [-0.05, 0) is 36.5 Å². The molecule has 3 heteroatoms. The summed E-state index contributed by atoms with van der Waals surface area (Å²) >= 11 is 0. The van der Waals surface area contributed by atoms with E-state index < -0.39 is 0 Å². The molecule has 0 amide bonds. The van der Waals surface area contributed by atoms with Gasteiger partial charge in [0.05, 0.1) is 5.92 Å². The average molecular weight is 423 g/mol. The summed E-state index contributed by atoms with van der Waals surface area (Å²) in [6.45, 7) is 0. The zero-order chi connectivity index (χ0) is 22.2. The number of ether oxygens (including phenoxy) is 1. The fourth-order valence-electron chi connectivity index (χ4n) is 3.93. The number of rotatable bonds is 4. The van der Waals surface area contributed by atoms with Crippen LogP contribution in [-0.4, -0.2) is 11.1 Å². The van der Waals surface area contributed by atoms with Gasteiger partial charge in [-0.2, -0.15) is 0 Å². The Morgan fingerprint density at radius 1 is 0.656 bits per heavy atom. The summed E-state index contributed by atoms with van der Waals surface area (Å²) in [5, 5.41) is 10.1. The predicted molar refractivity (Wildman–Crippen MR) is 128 cm³/mol. The molecule has 0 bridgehead atoms. The molecule has 1 saturated carbocycles. The Morgan fingerprint density at radius 2 is 1.19 bits per heavy atom. The van der Waals surface area contributed by atoms with Crippen LogP contribution in [0.3, 0.4) is 0 Å². The third-order valence-corrected chi connectivity index (χ3v) is 5.76. The average Bonchev–Trinajstić information content (AvgIpc) is 2.81. The third-order valence-electron chi connectivity index (χ3n) is 5.76. The zero-order valence-corrected chi connectivity index (χ0v) is 17.8. The summed E-state index contributed by atoms with van der Waals surface area (Å²) < 4.78 is 5.76. The van der Waals surface area contributed by atoms with E-state index in [9.17, 15) is 9.90 Å². The van der Waals surface area contributed by atoms with Gasteiger partial charge in [0.15, 0.2) is 0 Å². The van der Waals surface area contributed by atoms with Crippen molar-refractivity contribution >= 4 is 5.97 Å². The highest BCUT2D eigenvalue weighted by Gasteiger charge is 2.39. The van der Waals surface area contributed by atoms with Gasteiger partial charge < -0.3 is 9.84 Å². The number of aromatic hydroxyl groups is 1. The molecule has 160 valence electrons. The summed E-state index contributed by atoms with van der Waals surface area (Å²) in [4.78, 5) is 12.8. The largest absolute Gasteiger partial charge is 0.507 e. The van der Waals surface area contributed by atoms with E-state index in [1.54, 1.807) is 18.2 Å². The monoisotopic (exact) mass is 422 g/mol. The molecule has 1 fully saturated rings. The van der Waals surface area contributed by atoms with Crippen molar-refractivity contribution < 1.29 is 14.6 Å². The number of carbonyl (C=O) groups excluding carboxylic acids is 1. The summed E-state index contributed by atoms with van der Waals surface area (Å²) in [5.74, 6) is 0.559. The molecule has 32 heavy (non-hydrogen) atoms. The molecule has 2 unspecified atom stereocenters. The molecule has 0 aliphatic heterocycles. The molecule has 4 aromatic rings. The van der Waals surface area contributed by atoms with E-state index in [1.807, 2.05) is 84.9 Å². The van der Waals surface area contributed by atoms with Gasteiger partial charge in [-0.25, -0.2) is 0 Å². The van der Waals surface area contributed by atoms with E-state index >= 15 is 0 Å². The fraction of sp³-hybridized carbons (Fsp3) is 0.138. The summed E-state index contributed by atoms with van der Waals surface area (Å²) in [6, 6.07) is 36.5. The first-order valence-corrected chi connectivity index (χ1v) is 10.9. The maximum atomic E-state index is 12.8. The molecular formula is C29H26O3. The lowest BCUT2D eigenvalue weighted by Gasteiger charge is -2.35. The van der Waals surface area contributed by atoms with Gasteiger partial charge in [-0.15, -0.1) is 0 Å². The fourth-order valence-corrected chi connectivity index (χ4v) is 3.93. The topological polar surface area (TPSA) is 46.5 Å². The molecule has 0 spiro atoms. The highest BCUT2D eigenvalue weighted by molar-refractivity contribution is 5.82. The van der Waals surface area contributed by atoms with E-state index in [0.29, 0.717) is 11.3 Å². The summed E-state index contributed by atoms with van der Waals surface area (Å²) in [6.07, 6.45) is 1.85. The van der Waals surface area contributed by atoms with Crippen LogP contribution < -0.4 is 4.74 Å². The molecule has 1 aliphatic rings. The Hall–Kier alpha value is -3.85. The van der Waals surface area contributed by atoms with Crippen LogP contribution in [0.5, 0.6) is 11.5 Å². The minimum atomic E-state index is -0.201. The SMILES string of the molecule is O=C(Oc1ccccc1-c1ccccc1O)C1CCC1c1ccccc1.c1ccccc1. The molecule has 4 aromatic carbocycles. The molecule has 3 nitrogen and oxygen atoms in total. The standard InChI is InChI=1S/C23H20O3.C6H6/c24-21-12-6-4-10-18(21)19-11-5-7-13-22(19)26-23(25)20-15-14-17(20)16-8-2-1-3-9-16;1-2-4-6-5-3-1/h1-13,17,20,24H,14-15H2;1-6H. The van der Waals surface area contributed by atoms with Crippen LogP contribution in [0.15, 0.2) is 115 Å². The number of carbonyl (C=O) groups is 1. The van der Waals surface area contributed by atoms with Gasteiger partial charge in [-0.3, -0.25) is 4.79 Å². The number of phenolic OH excluding ortho intramolecular Hbond substituents is 1. The van der Waals surface area contributed by atoms with Crippen LogP contribution in [0.4, 0.5) is 0 Å². The highest BCUT2D eigenvalue weighted by atomic mass is 16.5. The number of hydrogen-bond donors (Lipinski definition) is 1. The van der Waals surface area contributed by atoms with Crippen molar-refractivity contribution in [1.82, 2.24) is 0 Å². The Kier molecular flexibility index (Phi) is 6.98. The van der Waals surface area contributed by atoms with Crippen LogP contribution in [0.25, 0.3) is 11.1 Å². The quantitative estimate of drug-likeness (QED) is 0.289. The number of hydrogen-bond acceptors (Lipinski definition) is 3. The molecule has 0 heterocycles. The molecule has 2 atom stereocenters. The minimum absolute atomic E-state index is 0.116. The maximum absolute atomic E-state index is 12.8. The van der Waals surface area contributed by atoms with Crippen molar-refractivity contribution in [3.05, 3.63) is 121 Å². The number of esters is 1. The van der Waals surface area contributed by atoms with Gasteiger partial charge in [0, 0.05) is 11.1 Å². The summed E-state index contributed by atoms with van der Waals surface area (Å²) in [5.41, 5.74) is 2.56. The lowest BCUT2D eigenvalue weighted by molar-refractivity contribution is -0.142. The molecule has 0 saturated heterocycles. The Bertz CT molecular complexity index is 1110. The van der Waals surface area contributed by atoms with Gasteiger partial charge in [0.1, 0.15) is 11.5 Å². The number of phenols is 1. The Balaban J connectivity index is 0.000000354. The summed E-state index contributed by atoms with van der Waals surface area (Å²) in [7, 11) is 0. The van der Waals surface area contributed by atoms with Gasteiger partial charge in [0.25, 0.3) is 0 Å². The zero-order valence-electron chi connectivity index (χ0n) is 17.8. The van der Waals surface area contributed by atoms with E-state index in [-0.39, 0.29) is 23.6 Å². The van der Waals surface area contributed by atoms with Gasteiger partial charge in [0.2, 0.25) is 0 Å². The third kappa shape index (κ3) is 5.06. The van der Waals surface area contributed by atoms with Gasteiger partial charge in [-0.1, -0.05) is 103 Å². The molecule has 5 rings (SSSR count). The van der Waals surface area contributed by atoms with Crippen molar-refractivity contribution in [2.75, 3.05) is 0 Å². The van der Waals surface area contributed by atoms with Crippen molar-refractivity contribution in [3.8, 4) is 22.6 Å². The van der Waals surface area contributed by atoms with Crippen LogP contribution in [0.2, 0.25) is 0 Å². The molecular weight excluding hydrogens is 396 g/mol. The molecule has 1 N–H and O–H groups in total. The molecule has 0 aromatic heterocycles. The minimum Gasteiger partial charge on any atom is -0.507 e. The number of benzene rings is 4. The lowest BCUT2D eigenvalue weighted by Crippen LogP contribution is -2.34. The number of para-hydroxylation sites is 2. The van der Waals surface area contributed by atoms with Crippen LogP contribution in [0, 0.1) is 5.92 Å². The Morgan fingerprint density at radius 3 is 1.78 bits per heavy atom. The van der Waals surface area contributed by atoms with Crippen molar-refractivity contribution in [3.63, 3.8) is 0 Å². The second-order valence-corrected chi connectivity index (χ2v) is 7.79. The first-order valence-electron chi connectivity index (χ1n) is 10.9. The van der Waals surface area contributed by atoms with Gasteiger partial charge >= 0.3 is 5.97 Å². The highest BCUT2D eigenvalue weighted by Crippen LogP contribution is 2.44. The molecule has 0 radical (unpaired) electrons. The molecule has 1 aliphatic carbocycles. The smallest absolute Gasteiger partial charge is 0.314 e. The maximum Gasteiger partial charge on any atom is 0.314 e. The Labute approximate surface area is 188 Å². The van der Waals surface area contributed by atoms with Crippen molar-refractivity contribution in [2.45, 2.75) is 18.8 Å². The second kappa shape index (κ2) is 10.5. The van der Waals surface area contributed by atoms with E-state index in [1.165, 1.54) is 5.56 Å². The van der Waals surface area contributed by atoms with E-state index in [2.05, 4.69) is 12.1 Å². The predicted octanol–water partition coefficient (Wildman–Crippen LogP) is 6.85. The van der Waals surface area contributed by atoms with Crippen LogP contribution >= 0.6 is 0 Å². The van der Waals surface area contributed by atoms with E-state index in [4.69, 9.17) is 4.74 Å². The van der Waals surface area contributed by atoms with Crippen molar-refractivity contribution in [2.24, 2.45) is 5.92 Å². The van der Waals surface area contributed by atoms with E-state index in [0.717, 1.165) is 18.4 Å². The normalized spacial score (nSPS) is 16.8. The first kappa shape index (κ1) is 21.4. The van der Waals surface area contributed by atoms with Crippen LogP contribution in [0.1, 0.15) is 24.3 Å². The van der Waals surface area contributed by atoms with Crippen molar-refractivity contribution in [1.29, 1.82) is 0 Å². The lowest BCUT2D eigenvalue weighted by atomic mass is 9.70. The first-order chi connectivity index (χ1) is 15.7.